The molecule has 322 valence electrons. The standard InChI is InChI=1S/C46H51N9O7/c1-27-22-52(33-13-14-34-35(21-33)45(60)55(44(34)59)38-15-16-39(56)47-43(38)58)23-28(2)54(27)24-29-17-19-51(20-18-29)32-11-9-31(10-12-32)42(57)48-41-36-25-53(26-37(36)49-50-41)46(61)40(62-3)30-7-5-4-6-8-30/h4-14,21,27-29,38,40H,15-20,22-26H2,1-3H3,(H,47,56,58)(H2,48,49,50,57)/t27?,28?,38?,40-/m1/s1. The number of H-pyrrole nitrogens is 1. The molecule has 1 aromatic heterocycles. The Morgan fingerprint density at radius 3 is 2.23 bits per heavy atom. The van der Waals surface area contributed by atoms with Crippen LogP contribution in [-0.4, -0.2) is 118 Å². The van der Waals surface area contributed by atoms with Crippen LogP contribution in [0.25, 0.3) is 0 Å². The molecule has 62 heavy (non-hydrogen) atoms. The zero-order valence-electron chi connectivity index (χ0n) is 35.1. The van der Waals surface area contributed by atoms with Gasteiger partial charge in [-0.15, -0.1) is 0 Å². The molecule has 6 heterocycles. The van der Waals surface area contributed by atoms with Crippen molar-refractivity contribution >= 4 is 52.6 Å². The van der Waals surface area contributed by atoms with Crippen LogP contribution < -0.4 is 20.4 Å². The first kappa shape index (κ1) is 41.0. The topological polar surface area (TPSA) is 181 Å². The number of piperidine rings is 2. The van der Waals surface area contributed by atoms with E-state index in [1.54, 1.807) is 17.0 Å². The van der Waals surface area contributed by atoms with Gasteiger partial charge in [0.1, 0.15) is 6.04 Å². The Kier molecular flexibility index (Phi) is 11.1. The molecular weight excluding hydrogens is 791 g/mol. The zero-order valence-corrected chi connectivity index (χ0v) is 35.1. The highest BCUT2D eigenvalue weighted by Gasteiger charge is 2.45. The van der Waals surface area contributed by atoms with E-state index in [-0.39, 0.29) is 42.3 Å². The van der Waals surface area contributed by atoms with Gasteiger partial charge in [-0.05, 0) is 87.1 Å². The molecule has 3 aromatic carbocycles. The number of hydrogen-bond acceptors (Lipinski definition) is 11. The van der Waals surface area contributed by atoms with Crippen molar-refractivity contribution in [2.45, 2.75) is 76.8 Å². The molecule has 5 aliphatic rings. The molecule has 3 saturated heterocycles. The number of hydrogen-bond donors (Lipinski definition) is 3. The molecule has 9 rings (SSSR count). The number of rotatable bonds is 10. The average Bonchev–Trinajstić information content (AvgIpc) is 3.94. The second-order valence-electron chi connectivity index (χ2n) is 17.2. The molecule has 16 nitrogen and oxygen atoms in total. The molecule has 16 heteroatoms. The van der Waals surface area contributed by atoms with Crippen molar-refractivity contribution in [3.63, 3.8) is 0 Å². The summed E-state index contributed by atoms with van der Waals surface area (Å²) in [6.45, 7) is 9.50. The maximum atomic E-state index is 13.5. The number of aromatic amines is 1. The van der Waals surface area contributed by atoms with E-state index in [9.17, 15) is 28.8 Å². The first-order valence-corrected chi connectivity index (χ1v) is 21.4. The van der Waals surface area contributed by atoms with Gasteiger partial charge >= 0.3 is 0 Å². The third kappa shape index (κ3) is 7.72. The number of nitrogens with zero attached hydrogens (tertiary/aromatic N) is 6. The van der Waals surface area contributed by atoms with Gasteiger partial charge in [0.25, 0.3) is 23.6 Å². The fourth-order valence-corrected chi connectivity index (χ4v) is 9.83. The Labute approximate surface area is 359 Å². The Hall–Kier alpha value is -6.39. The summed E-state index contributed by atoms with van der Waals surface area (Å²) < 4.78 is 5.56. The van der Waals surface area contributed by atoms with E-state index in [1.165, 1.54) is 7.11 Å². The lowest BCUT2D eigenvalue weighted by molar-refractivity contribution is -0.143. The Bertz CT molecular complexity index is 2400. The number of amides is 6. The van der Waals surface area contributed by atoms with Crippen molar-refractivity contribution in [1.29, 1.82) is 0 Å². The molecule has 0 spiro atoms. The van der Waals surface area contributed by atoms with Gasteiger partial charge in [-0.25, -0.2) is 0 Å². The number of aromatic nitrogens is 2. The maximum absolute atomic E-state index is 13.5. The largest absolute Gasteiger partial charge is 0.372 e. The summed E-state index contributed by atoms with van der Waals surface area (Å²) in [6.07, 6.45) is 1.59. The minimum absolute atomic E-state index is 0.0832. The Morgan fingerprint density at radius 2 is 1.53 bits per heavy atom. The van der Waals surface area contributed by atoms with E-state index in [4.69, 9.17) is 4.74 Å². The van der Waals surface area contributed by atoms with Gasteiger partial charge in [0.05, 0.1) is 29.9 Å². The lowest BCUT2D eigenvalue weighted by Crippen LogP contribution is -2.58. The average molecular weight is 842 g/mol. The van der Waals surface area contributed by atoms with Crippen LogP contribution in [0.3, 0.4) is 0 Å². The van der Waals surface area contributed by atoms with Gasteiger partial charge in [-0.2, -0.15) is 5.10 Å². The van der Waals surface area contributed by atoms with Crippen LogP contribution in [0.1, 0.15) is 93.5 Å². The van der Waals surface area contributed by atoms with E-state index < -0.39 is 35.8 Å². The number of anilines is 3. The van der Waals surface area contributed by atoms with Crippen molar-refractivity contribution in [2.24, 2.45) is 5.92 Å². The van der Waals surface area contributed by atoms with E-state index in [0.717, 1.165) is 78.7 Å². The molecule has 0 saturated carbocycles. The first-order chi connectivity index (χ1) is 30.0. The second-order valence-corrected chi connectivity index (χ2v) is 17.2. The summed E-state index contributed by atoms with van der Waals surface area (Å²) >= 11 is 0. The van der Waals surface area contributed by atoms with E-state index in [2.05, 4.69) is 49.4 Å². The lowest BCUT2D eigenvalue weighted by atomic mass is 9.93. The summed E-state index contributed by atoms with van der Waals surface area (Å²) in [4.78, 5) is 87.6. The van der Waals surface area contributed by atoms with Crippen molar-refractivity contribution in [1.82, 2.24) is 30.2 Å². The highest BCUT2D eigenvalue weighted by Crippen LogP contribution is 2.34. The number of carbonyl (C=O) groups is 6. The zero-order chi connectivity index (χ0) is 43.2. The molecule has 4 atom stereocenters. The molecule has 3 unspecified atom stereocenters. The molecule has 6 amide bonds. The predicted molar refractivity (Wildman–Crippen MR) is 229 cm³/mol. The normalized spacial score (nSPS) is 22.5. The van der Waals surface area contributed by atoms with Crippen LogP contribution in [0.4, 0.5) is 17.2 Å². The summed E-state index contributed by atoms with van der Waals surface area (Å²) in [7, 11) is 1.53. The van der Waals surface area contributed by atoms with Gasteiger partial charge < -0.3 is 24.8 Å². The van der Waals surface area contributed by atoms with Gasteiger partial charge in [0.2, 0.25) is 11.8 Å². The minimum atomic E-state index is -0.988. The van der Waals surface area contributed by atoms with Crippen molar-refractivity contribution in [3.8, 4) is 0 Å². The molecule has 0 radical (unpaired) electrons. The molecule has 3 N–H and O–H groups in total. The number of methoxy groups -OCH3 is 1. The van der Waals surface area contributed by atoms with Crippen molar-refractivity contribution in [2.75, 3.05) is 55.0 Å². The fourth-order valence-electron chi connectivity index (χ4n) is 9.83. The van der Waals surface area contributed by atoms with Crippen LogP contribution in [-0.2, 0) is 32.2 Å². The van der Waals surface area contributed by atoms with Gasteiger partial charge in [0, 0.05) is 80.8 Å². The number of carbonyl (C=O) groups excluding carboxylic acids is 6. The molecule has 5 aliphatic heterocycles. The summed E-state index contributed by atoms with van der Waals surface area (Å²) in [5.74, 6) is -1.47. The molecule has 0 bridgehead atoms. The van der Waals surface area contributed by atoms with Crippen molar-refractivity contribution in [3.05, 3.63) is 106 Å². The van der Waals surface area contributed by atoms with E-state index >= 15 is 0 Å². The second kappa shape index (κ2) is 16.8. The number of nitrogens with one attached hydrogen (secondary N) is 3. The third-order valence-electron chi connectivity index (χ3n) is 13.2. The summed E-state index contributed by atoms with van der Waals surface area (Å²) in [6, 6.07) is 21.9. The predicted octanol–water partition coefficient (Wildman–Crippen LogP) is 4.11. The van der Waals surface area contributed by atoms with E-state index in [0.29, 0.717) is 36.0 Å². The number of ether oxygens (including phenoxy) is 1. The first-order valence-electron chi connectivity index (χ1n) is 21.4. The van der Waals surface area contributed by atoms with Crippen molar-refractivity contribution < 1.29 is 33.5 Å². The quantitative estimate of drug-likeness (QED) is 0.196. The highest BCUT2D eigenvalue weighted by molar-refractivity contribution is 6.23. The van der Waals surface area contributed by atoms with Gasteiger partial charge in [-0.3, -0.25) is 49.0 Å². The van der Waals surface area contributed by atoms with Crippen LogP contribution in [0.15, 0.2) is 72.8 Å². The smallest absolute Gasteiger partial charge is 0.262 e. The van der Waals surface area contributed by atoms with Crippen LogP contribution in [0.5, 0.6) is 0 Å². The van der Waals surface area contributed by atoms with Crippen LogP contribution in [0.2, 0.25) is 0 Å². The number of imide groups is 2. The van der Waals surface area contributed by atoms with Crippen LogP contribution >= 0.6 is 0 Å². The molecule has 0 aliphatic carbocycles. The Balaban J connectivity index is 0.752. The fraction of sp³-hybridized carbons (Fsp3) is 0.413. The van der Waals surface area contributed by atoms with Gasteiger partial charge in [-0.1, -0.05) is 30.3 Å². The van der Waals surface area contributed by atoms with Gasteiger partial charge in [0.15, 0.2) is 11.9 Å². The molecule has 3 fully saturated rings. The number of piperazine rings is 1. The Morgan fingerprint density at radius 1 is 0.839 bits per heavy atom. The lowest BCUT2D eigenvalue weighted by Gasteiger charge is -2.47. The molecular formula is C46H51N9O7. The van der Waals surface area contributed by atoms with Crippen LogP contribution in [0, 0.1) is 5.92 Å². The van der Waals surface area contributed by atoms with E-state index in [1.807, 2.05) is 60.7 Å². The highest BCUT2D eigenvalue weighted by atomic mass is 16.5. The monoisotopic (exact) mass is 841 g/mol. The summed E-state index contributed by atoms with van der Waals surface area (Å²) in [5, 5.41) is 12.5. The maximum Gasteiger partial charge on any atom is 0.262 e. The third-order valence-corrected chi connectivity index (χ3v) is 13.2. The SMILES string of the molecule is CO[C@@H](C(=O)N1Cc2[nH]nc(NC(=O)c3ccc(N4CCC(CN5C(C)CN(c6ccc7c(c6)C(=O)N(C6CCC(=O)NC6=O)C7=O)CC5C)CC4)cc3)c2C1)c1ccccc1. The summed E-state index contributed by atoms with van der Waals surface area (Å²) in [5.41, 5.74) is 5.41. The minimum Gasteiger partial charge on any atom is -0.372 e. The number of fused-ring (bicyclic) bond motifs is 2. The molecule has 4 aromatic rings. The number of benzene rings is 3.